The summed E-state index contributed by atoms with van der Waals surface area (Å²) in [6.07, 6.45) is -0.701. The van der Waals surface area contributed by atoms with Crippen molar-refractivity contribution in [2.45, 2.75) is 31.6 Å². The molecule has 1 N–H and O–H groups in total. The smallest absolute Gasteiger partial charge is 0.308 e. The highest BCUT2D eigenvalue weighted by Gasteiger charge is 2.34. The van der Waals surface area contributed by atoms with Crippen LogP contribution in [0.15, 0.2) is 30.5 Å². The van der Waals surface area contributed by atoms with Gasteiger partial charge in [0, 0.05) is 12.6 Å². The normalized spacial score (nSPS) is 15.6. The molecule has 0 amide bonds. The Morgan fingerprint density at radius 2 is 2.00 bits per heavy atom. The molecule has 1 aliphatic rings. The zero-order valence-electron chi connectivity index (χ0n) is 10.6. The van der Waals surface area contributed by atoms with E-state index in [9.17, 15) is 13.2 Å². The Bertz CT molecular complexity index is 602. The van der Waals surface area contributed by atoms with Crippen LogP contribution in [0.1, 0.15) is 24.1 Å². The van der Waals surface area contributed by atoms with Gasteiger partial charge in [-0.25, -0.2) is 4.68 Å². The first-order valence-corrected chi connectivity index (χ1v) is 6.35. The van der Waals surface area contributed by atoms with Crippen LogP contribution in [0.4, 0.5) is 13.2 Å². The van der Waals surface area contributed by atoms with Crippen LogP contribution in [-0.4, -0.2) is 21.0 Å². The third-order valence-corrected chi connectivity index (χ3v) is 3.21. The molecule has 1 fully saturated rings. The maximum Gasteiger partial charge on any atom is 0.418 e. The summed E-state index contributed by atoms with van der Waals surface area (Å²) >= 11 is 0. The third kappa shape index (κ3) is 2.67. The fourth-order valence-corrected chi connectivity index (χ4v) is 2.01. The molecule has 0 atom stereocenters. The van der Waals surface area contributed by atoms with Gasteiger partial charge in [0.25, 0.3) is 0 Å². The van der Waals surface area contributed by atoms with Crippen molar-refractivity contribution < 1.29 is 13.2 Å². The van der Waals surface area contributed by atoms with E-state index in [1.807, 2.05) is 0 Å². The molecular weight excluding hydrogens is 269 g/mol. The minimum atomic E-state index is -4.41. The minimum Gasteiger partial charge on any atom is -0.308 e. The van der Waals surface area contributed by atoms with Gasteiger partial charge in [-0.05, 0) is 25.0 Å². The SMILES string of the molecule is FC(F)(F)c1ccccc1-n1nncc1CNC1CC1. The third-order valence-electron chi connectivity index (χ3n) is 3.21. The van der Waals surface area contributed by atoms with E-state index in [4.69, 9.17) is 0 Å². The maximum absolute atomic E-state index is 13.0. The van der Waals surface area contributed by atoms with E-state index in [1.165, 1.54) is 23.0 Å². The Kier molecular flexibility index (Phi) is 3.21. The van der Waals surface area contributed by atoms with Gasteiger partial charge in [-0.15, -0.1) is 5.10 Å². The first-order valence-electron chi connectivity index (χ1n) is 6.35. The van der Waals surface area contributed by atoms with Crippen molar-refractivity contribution in [3.8, 4) is 5.69 Å². The molecule has 4 nitrogen and oxygen atoms in total. The molecular formula is C13H13F3N4. The van der Waals surface area contributed by atoms with Gasteiger partial charge in [0.2, 0.25) is 0 Å². The Balaban J connectivity index is 1.94. The molecule has 0 radical (unpaired) electrons. The van der Waals surface area contributed by atoms with Gasteiger partial charge in [-0.3, -0.25) is 0 Å². The number of halogens is 3. The van der Waals surface area contributed by atoms with E-state index in [0.717, 1.165) is 18.9 Å². The van der Waals surface area contributed by atoms with Crippen molar-refractivity contribution >= 4 is 0 Å². The second kappa shape index (κ2) is 4.90. The monoisotopic (exact) mass is 282 g/mol. The van der Waals surface area contributed by atoms with Crippen molar-refractivity contribution in [1.82, 2.24) is 20.3 Å². The first-order chi connectivity index (χ1) is 9.55. The van der Waals surface area contributed by atoms with Gasteiger partial charge in [0.15, 0.2) is 0 Å². The molecule has 1 aromatic carbocycles. The summed E-state index contributed by atoms with van der Waals surface area (Å²) in [7, 11) is 0. The van der Waals surface area contributed by atoms with Gasteiger partial charge >= 0.3 is 6.18 Å². The lowest BCUT2D eigenvalue weighted by Crippen LogP contribution is -2.19. The molecule has 0 spiro atoms. The summed E-state index contributed by atoms with van der Waals surface area (Å²) in [6, 6.07) is 5.85. The number of alkyl halides is 3. The molecule has 1 aliphatic carbocycles. The number of hydrogen-bond acceptors (Lipinski definition) is 3. The van der Waals surface area contributed by atoms with E-state index in [2.05, 4.69) is 15.6 Å². The summed E-state index contributed by atoms with van der Waals surface area (Å²) in [5.41, 5.74) is -0.0862. The first kappa shape index (κ1) is 13.1. The van der Waals surface area contributed by atoms with Gasteiger partial charge < -0.3 is 5.32 Å². The summed E-state index contributed by atoms with van der Waals surface area (Å²) in [5.74, 6) is 0. The Morgan fingerprint density at radius 1 is 1.25 bits per heavy atom. The number of para-hydroxylation sites is 1. The van der Waals surface area contributed by atoms with E-state index in [1.54, 1.807) is 6.07 Å². The van der Waals surface area contributed by atoms with Gasteiger partial charge in [-0.1, -0.05) is 17.3 Å². The van der Waals surface area contributed by atoms with Crippen LogP contribution in [0.2, 0.25) is 0 Å². The van der Waals surface area contributed by atoms with Crippen molar-refractivity contribution in [3.05, 3.63) is 41.7 Å². The standard InChI is InChI=1S/C13H13F3N4/c14-13(15,16)11-3-1-2-4-12(11)20-10(8-18-19-20)7-17-9-5-6-9/h1-4,8-9,17H,5-7H2. The molecule has 1 heterocycles. The van der Waals surface area contributed by atoms with Crippen LogP contribution in [-0.2, 0) is 12.7 Å². The second-order valence-electron chi connectivity index (χ2n) is 4.81. The van der Waals surface area contributed by atoms with Crippen LogP contribution in [0.5, 0.6) is 0 Å². The molecule has 1 aromatic heterocycles. The summed E-state index contributed by atoms with van der Waals surface area (Å²) in [4.78, 5) is 0. The number of nitrogens with one attached hydrogen (secondary N) is 1. The lowest BCUT2D eigenvalue weighted by Gasteiger charge is -2.14. The fraction of sp³-hybridized carbons (Fsp3) is 0.385. The number of benzene rings is 1. The lowest BCUT2D eigenvalue weighted by molar-refractivity contribution is -0.137. The van der Waals surface area contributed by atoms with Crippen LogP contribution >= 0.6 is 0 Å². The lowest BCUT2D eigenvalue weighted by atomic mass is 10.1. The average molecular weight is 282 g/mol. The van der Waals surface area contributed by atoms with Crippen molar-refractivity contribution in [2.24, 2.45) is 0 Å². The van der Waals surface area contributed by atoms with E-state index in [-0.39, 0.29) is 5.69 Å². The molecule has 0 aliphatic heterocycles. The van der Waals surface area contributed by atoms with Crippen LogP contribution in [0.3, 0.4) is 0 Å². The molecule has 0 saturated heterocycles. The second-order valence-corrected chi connectivity index (χ2v) is 4.81. The topological polar surface area (TPSA) is 42.7 Å². The fourth-order valence-electron chi connectivity index (χ4n) is 2.01. The Labute approximate surface area is 113 Å². The van der Waals surface area contributed by atoms with E-state index in [0.29, 0.717) is 18.3 Å². The number of rotatable bonds is 4. The highest BCUT2D eigenvalue weighted by Crippen LogP contribution is 2.33. The highest BCUT2D eigenvalue weighted by molar-refractivity contribution is 5.42. The van der Waals surface area contributed by atoms with Gasteiger partial charge in [-0.2, -0.15) is 13.2 Å². The van der Waals surface area contributed by atoms with Crippen molar-refractivity contribution in [1.29, 1.82) is 0 Å². The van der Waals surface area contributed by atoms with Gasteiger partial charge in [0.1, 0.15) is 0 Å². The largest absolute Gasteiger partial charge is 0.418 e. The number of aromatic nitrogens is 3. The van der Waals surface area contributed by atoms with Crippen LogP contribution < -0.4 is 5.32 Å². The zero-order chi connectivity index (χ0) is 14.2. The molecule has 0 bridgehead atoms. The van der Waals surface area contributed by atoms with Crippen LogP contribution in [0.25, 0.3) is 5.69 Å². The maximum atomic E-state index is 13.0. The molecule has 1 saturated carbocycles. The number of nitrogens with zero attached hydrogens (tertiary/aromatic N) is 3. The average Bonchev–Trinajstić information content (AvgIpc) is 3.12. The van der Waals surface area contributed by atoms with E-state index >= 15 is 0 Å². The zero-order valence-corrected chi connectivity index (χ0v) is 10.6. The van der Waals surface area contributed by atoms with Crippen molar-refractivity contribution in [2.75, 3.05) is 0 Å². The molecule has 7 heteroatoms. The number of hydrogen-bond donors (Lipinski definition) is 1. The minimum absolute atomic E-state index is 0.00472. The predicted molar refractivity (Wildman–Crippen MR) is 66.2 cm³/mol. The van der Waals surface area contributed by atoms with E-state index < -0.39 is 11.7 Å². The molecule has 0 unspecified atom stereocenters. The van der Waals surface area contributed by atoms with Crippen LogP contribution in [0, 0.1) is 0 Å². The Morgan fingerprint density at radius 3 is 2.70 bits per heavy atom. The molecule has 2 aromatic rings. The quantitative estimate of drug-likeness (QED) is 0.937. The molecule has 3 rings (SSSR count). The summed E-state index contributed by atoms with van der Waals surface area (Å²) < 4.78 is 40.3. The summed E-state index contributed by atoms with van der Waals surface area (Å²) in [6.45, 7) is 0.462. The molecule has 106 valence electrons. The molecule has 20 heavy (non-hydrogen) atoms. The highest BCUT2D eigenvalue weighted by atomic mass is 19.4. The van der Waals surface area contributed by atoms with Crippen molar-refractivity contribution in [3.63, 3.8) is 0 Å². The Hall–Kier alpha value is -1.89. The predicted octanol–water partition coefficient (Wildman–Crippen LogP) is 2.54. The summed E-state index contributed by atoms with van der Waals surface area (Å²) in [5, 5.41) is 10.8. The van der Waals surface area contributed by atoms with Gasteiger partial charge in [0.05, 0.1) is 23.1 Å².